The zero-order chi connectivity index (χ0) is 22.9. The first-order chi connectivity index (χ1) is 15.2. The molecule has 1 aliphatic heterocycles. The zero-order valence-corrected chi connectivity index (χ0v) is 19.3. The summed E-state index contributed by atoms with van der Waals surface area (Å²) in [5.74, 6) is -0.482. The number of fused-ring (bicyclic) bond motifs is 1. The van der Waals surface area contributed by atoms with Crippen LogP contribution in [0.2, 0.25) is 10.0 Å². The summed E-state index contributed by atoms with van der Waals surface area (Å²) in [5, 5.41) is 3.81. The van der Waals surface area contributed by atoms with Crippen LogP contribution in [0.1, 0.15) is 19.3 Å². The van der Waals surface area contributed by atoms with Gasteiger partial charge in [0.25, 0.3) is 0 Å². The first-order valence-electron chi connectivity index (χ1n) is 10.00. The molecule has 4 rings (SSSR count). The number of aromatic nitrogens is 2. The summed E-state index contributed by atoms with van der Waals surface area (Å²) in [6, 6.07) is 9.07. The molecule has 0 bridgehead atoms. The Morgan fingerprint density at radius 2 is 1.72 bits per heavy atom. The Morgan fingerprint density at radius 3 is 2.41 bits per heavy atom. The van der Waals surface area contributed by atoms with Crippen molar-refractivity contribution < 1.29 is 13.2 Å². The van der Waals surface area contributed by atoms with Gasteiger partial charge < -0.3 is 5.32 Å². The molecule has 8 nitrogen and oxygen atoms in total. The van der Waals surface area contributed by atoms with Crippen molar-refractivity contribution in [3.63, 3.8) is 0 Å². The van der Waals surface area contributed by atoms with E-state index < -0.39 is 21.6 Å². The van der Waals surface area contributed by atoms with Crippen LogP contribution in [0.25, 0.3) is 10.9 Å². The lowest BCUT2D eigenvalue weighted by Gasteiger charge is -2.26. The Labute approximate surface area is 194 Å². The Kier molecular flexibility index (Phi) is 6.52. The van der Waals surface area contributed by atoms with Gasteiger partial charge in [-0.2, -0.15) is 4.31 Å². The molecular formula is C21H20Cl2N4O4S. The van der Waals surface area contributed by atoms with Crippen LogP contribution < -0.4 is 11.0 Å². The summed E-state index contributed by atoms with van der Waals surface area (Å²) in [6.07, 6.45) is 4.00. The van der Waals surface area contributed by atoms with Crippen molar-refractivity contribution in [2.75, 3.05) is 18.4 Å². The van der Waals surface area contributed by atoms with E-state index in [1.807, 2.05) is 0 Å². The van der Waals surface area contributed by atoms with Crippen LogP contribution in [-0.4, -0.2) is 41.3 Å². The van der Waals surface area contributed by atoms with Gasteiger partial charge in [-0.25, -0.2) is 18.2 Å². The molecule has 0 atom stereocenters. The number of hydrogen-bond acceptors (Lipinski definition) is 5. The van der Waals surface area contributed by atoms with Gasteiger partial charge in [0.1, 0.15) is 6.54 Å². The predicted octanol–water partition coefficient (Wildman–Crippen LogP) is 3.52. The van der Waals surface area contributed by atoms with Gasteiger partial charge in [-0.1, -0.05) is 29.6 Å². The molecule has 1 aliphatic rings. The molecule has 0 radical (unpaired) electrons. The fourth-order valence-electron chi connectivity index (χ4n) is 3.72. The van der Waals surface area contributed by atoms with E-state index in [0.717, 1.165) is 19.3 Å². The van der Waals surface area contributed by atoms with E-state index in [1.54, 1.807) is 0 Å². The minimum Gasteiger partial charge on any atom is -0.324 e. The molecule has 0 saturated carbocycles. The third-order valence-corrected chi connectivity index (χ3v) is 7.57. The van der Waals surface area contributed by atoms with E-state index in [-0.39, 0.29) is 11.4 Å². The third-order valence-electron chi connectivity index (χ3n) is 5.24. The average molecular weight is 495 g/mol. The number of hydrogen-bond donors (Lipinski definition) is 1. The summed E-state index contributed by atoms with van der Waals surface area (Å²) in [5.41, 5.74) is 0.175. The molecule has 0 unspecified atom stereocenters. The molecule has 0 spiro atoms. The van der Waals surface area contributed by atoms with Crippen LogP contribution in [-0.2, 0) is 21.4 Å². The Hall–Kier alpha value is -2.46. The maximum Gasteiger partial charge on any atom is 0.348 e. The number of piperidine rings is 1. The number of rotatable bonds is 5. The summed E-state index contributed by atoms with van der Waals surface area (Å²) in [6.45, 7) is 0.670. The summed E-state index contributed by atoms with van der Waals surface area (Å²) >= 11 is 11.9. The Balaban J connectivity index is 1.63. The van der Waals surface area contributed by atoms with Crippen molar-refractivity contribution in [3.8, 4) is 0 Å². The van der Waals surface area contributed by atoms with Crippen LogP contribution in [0.3, 0.4) is 0 Å². The average Bonchev–Trinajstić information content (AvgIpc) is 2.75. The second-order valence-corrected chi connectivity index (χ2v) is 10.3. The predicted molar refractivity (Wildman–Crippen MR) is 124 cm³/mol. The highest BCUT2D eigenvalue weighted by Crippen LogP contribution is 2.24. The van der Waals surface area contributed by atoms with Crippen LogP contribution in [0, 0.1) is 0 Å². The van der Waals surface area contributed by atoms with Crippen molar-refractivity contribution in [1.82, 2.24) is 13.9 Å². The molecule has 11 heteroatoms. The van der Waals surface area contributed by atoms with Gasteiger partial charge in [-0.15, -0.1) is 0 Å². The number of carbonyl (C=O) groups excluding carboxylic acids is 1. The van der Waals surface area contributed by atoms with Gasteiger partial charge in [-0.05, 0) is 49.2 Å². The molecular weight excluding hydrogens is 475 g/mol. The fourth-order valence-corrected chi connectivity index (χ4v) is 5.80. The maximum atomic E-state index is 13.0. The minimum atomic E-state index is -3.63. The lowest BCUT2D eigenvalue weighted by molar-refractivity contribution is -0.116. The molecule has 1 fully saturated rings. The fraction of sp³-hybridized carbons (Fsp3) is 0.286. The van der Waals surface area contributed by atoms with E-state index in [1.165, 1.54) is 51.5 Å². The first-order valence-corrected chi connectivity index (χ1v) is 12.2. The lowest BCUT2D eigenvalue weighted by Crippen LogP contribution is -2.35. The van der Waals surface area contributed by atoms with Crippen molar-refractivity contribution in [3.05, 3.63) is 63.1 Å². The second-order valence-electron chi connectivity index (χ2n) is 7.52. The van der Waals surface area contributed by atoms with Crippen molar-refractivity contribution >= 4 is 55.7 Å². The highest BCUT2D eigenvalue weighted by molar-refractivity contribution is 7.89. The molecule has 168 valence electrons. The van der Waals surface area contributed by atoms with E-state index in [4.69, 9.17) is 23.2 Å². The van der Waals surface area contributed by atoms with Gasteiger partial charge >= 0.3 is 5.69 Å². The van der Waals surface area contributed by atoms with Crippen LogP contribution in [0.4, 0.5) is 5.69 Å². The molecule has 3 aromatic rings. The highest BCUT2D eigenvalue weighted by atomic mass is 35.5. The quantitative estimate of drug-likeness (QED) is 0.584. The van der Waals surface area contributed by atoms with Gasteiger partial charge in [0.05, 0.1) is 10.4 Å². The van der Waals surface area contributed by atoms with E-state index >= 15 is 0 Å². The van der Waals surface area contributed by atoms with Crippen LogP contribution in [0.5, 0.6) is 0 Å². The van der Waals surface area contributed by atoms with E-state index in [2.05, 4.69) is 10.3 Å². The number of carbonyl (C=O) groups is 1. The van der Waals surface area contributed by atoms with Gasteiger partial charge in [-0.3, -0.25) is 9.36 Å². The van der Waals surface area contributed by atoms with E-state index in [0.29, 0.717) is 39.7 Å². The Morgan fingerprint density at radius 1 is 1.03 bits per heavy atom. The maximum absolute atomic E-state index is 13.0. The number of amides is 1. The second kappa shape index (κ2) is 9.19. The molecule has 32 heavy (non-hydrogen) atoms. The summed E-state index contributed by atoms with van der Waals surface area (Å²) < 4.78 is 28.6. The van der Waals surface area contributed by atoms with Gasteiger partial charge in [0.15, 0.2) is 0 Å². The van der Waals surface area contributed by atoms with E-state index in [9.17, 15) is 18.0 Å². The molecule has 1 N–H and O–H groups in total. The molecule has 0 aliphatic carbocycles. The van der Waals surface area contributed by atoms with Crippen LogP contribution in [0.15, 0.2) is 52.3 Å². The smallest absolute Gasteiger partial charge is 0.324 e. The Bertz CT molecular complexity index is 1330. The standard InChI is InChI=1S/C21H20Cl2N4O4S/c22-15-9-16(23)11-17(10-15)25-20(28)13-27-19-5-4-18(8-14(19)12-24-21(27)29)32(30,31)26-6-2-1-3-7-26/h4-5,8-12H,1-3,6-7,13H2,(H,25,28). The highest BCUT2D eigenvalue weighted by Gasteiger charge is 2.26. The first kappa shape index (κ1) is 22.7. The number of nitrogens with one attached hydrogen (secondary N) is 1. The van der Waals surface area contributed by atoms with Crippen LogP contribution >= 0.6 is 23.2 Å². The van der Waals surface area contributed by atoms with Crippen molar-refractivity contribution in [2.24, 2.45) is 0 Å². The largest absolute Gasteiger partial charge is 0.348 e. The third kappa shape index (κ3) is 4.80. The minimum absolute atomic E-state index is 0.136. The lowest BCUT2D eigenvalue weighted by atomic mass is 10.2. The summed E-state index contributed by atoms with van der Waals surface area (Å²) in [7, 11) is -3.63. The molecule has 1 aromatic heterocycles. The van der Waals surface area contributed by atoms with Gasteiger partial charge in [0.2, 0.25) is 15.9 Å². The molecule has 2 heterocycles. The molecule has 2 aromatic carbocycles. The number of nitrogens with zero attached hydrogens (tertiary/aromatic N) is 3. The number of halogens is 2. The SMILES string of the molecule is O=C(Cn1c(=O)ncc2cc(S(=O)(=O)N3CCCCC3)ccc21)Nc1cc(Cl)cc(Cl)c1. The molecule has 1 saturated heterocycles. The number of anilines is 1. The normalized spacial score (nSPS) is 15.1. The van der Waals surface area contributed by atoms with Crippen molar-refractivity contribution in [2.45, 2.75) is 30.7 Å². The number of sulfonamides is 1. The number of benzene rings is 2. The monoisotopic (exact) mass is 494 g/mol. The molecule has 1 amide bonds. The van der Waals surface area contributed by atoms with Crippen molar-refractivity contribution in [1.29, 1.82) is 0 Å². The zero-order valence-electron chi connectivity index (χ0n) is 16.9. The topological polar surface area (TPSA) is 101 Å². The van der Waals surface area contributed by atoms with Gasteiger partial charge in [0, 0.05) is 40.4 Å². The summed E-state index contributed by atoms with van der Waals surface area (Å²) in [4.78, 5) is 28.9.